The van der Waals surface area contributed by atoms with E-state index in [4.69, 9.17) is 4.74 Å². The van der Waals surface area contributed by atoms with Gasteiger partial charge in [0.1, 0.15) is 5.60 Å². The quantitative estimate of drug-likeness (QED) is 0.334. The van der Waals surface area contributed by atoms with Crippen LogP contribution in [0.5, 0.6) is 0 Å². The van der Waals surface area contributed by atoms with Crippen molar-refractivity contribution in [2.75, 3.05) is 5.75 Å². The molecule has 0 amide bonds. The molecule has 0 atom stereocenters. The van der Waals surface area contributed by atoms with E-state index in [0.29, 0.717) is 12.2 Å². The van der Waals surface area contributed by atoms with Crippen molar-refractivity contribution in [1.29, 1.82) is 0 Å². The molecule has 0 rings (SSSR count). The summed E-state index contributed by atoms with van der Waals surface area (Å²) in [5.74, 6) is 0.435. The Morgan fingerprint density at radius 3 is 2.17 bits per heavy atom. The molecule has 0 bridgehead atoms. The SMILES string of the molecule is CCCCCCCCCC(C)(C)OC(=O)CCS. The molecule has 0 aliphatic rings. The first kappa shape index (κ1) is 17.8. The summed E-state index contributed by atoms with van der Waals surface area (Å²) in [6.45, 7) is 6.24. The number of ether oxygens (including phenoxy) is 1. The van der Waals surface area contributed by atoms with Crippen molar-refractivity contribution in [2.24, 2.45) is 0 Å². The van der Waals surface area contributed by atoms with Crippen molar-refractivity contribution in [1.82, 2.24) is 0 Å². The van der Waals surface area contributed by atoms with Gasteiger partial charge in [0.05, 0.1) is 6.42 Å². The Balaban J connectivity index is 3.54. The molecule has 0 aliphatic carbocycles. The maximum Gasteiger partial charge on any atom is 0.307 e. The maximum absolute atomic E-state index is 11.4. The van der Waals surface area contributed by atoms with Gasteiger partial charge in [-0.25, -0.2) is 0 Å². The summed E-state index contributed by atoms with van der Waals surface area (Å²) >= 11 is 4.03. The molecule has 3 heteroatoms. The average molecular weight is 274 g/mol. The lowest BCUT2D eigenvalue weighted by Gasteiger charge is -2.25. The normalized spacial score (nSPS) is 11.6. The first-order chi connectivity index (χ1) is 8.52. The van der Waals surface area contributed by atoms with Crippen molar-refractivity contribution in [3.63, 3.8) is 0 Å². The summed E-state index contributed by atoms with van der Waals surface area (Å²) in [4.78, 5) is 11.4. The van der Waals surface area contributed by atoms with Gasteiger partial charge in [-0.2, -0.15) is 12.6 Å². The zero-order chi connectivity index (χ0) is 13.9. The fraction of sp³-hybridized carbons (Fsp3) is 0.933. The van der Waals surface area contributed by atoms with Crippen molar-refractivity contribution >= 4 is 18.6 Å². The van der Waals surface area contributed by atoms with Crippen LogP contribution in [0.2, 0.25) is 0 Å². The zero-order valence-electron chi connectivity index (χ0n) is 12.3. The van der Waals surface area contributed by atoms with E-state index in [0.717, 1.165) is 12.8 Å². The molecule has 0 aromatic carbocycles. The Morgan fingerprint density at radius 2 is 1.61 bits per heavy atom. The number of thiol groups is 1. The number of hydrogen-bond donors (Lipinski definition) is 1. The Morgan fingerprint density at radius 1 is 1.06 bits per heavy atom. The lowest BCUT2D eigenvalue weighted by molar-refractivity contribution is -0.156. The Bertz CT molecular complexity index is 215. The van der Waals surface area contributed by atoms with Gasteiger partial charge in [0, 0.05) is 5.75 Å². The van der Waals surface area contributed by atoms with Gasteiger partial charge >= 0.3 is 5.97 Å². The third-order valence-electron chi connectivity index (χ3n) is 3.09. The molecule has 0 radical (unpaired) electrons. The summed E-state index contributed by atoms with van der Waals surface area (Å²) < 4.78 is 5.44. The van der Waals surface area contributed by atoms with E-state index >= 15 is 0 Å². The minimum Gasteiger partial charge on any atom is -0.460 e. The predicted molar refractivity (Wildman–Crippen MR) is 81.3 cm³/mol. The van der Waals surface area contributed by atoms with E-state index in [2.05, 4.69) is 19.6 Å². The van der Waals surface area contributed by atoms with Crippen molar-refractivity contribution in [2.45, 2.75) is 84.2 Å². The van der Waals surface area contributed by atoms with Gasteiger partial charge in [-0.15, -0.1) is 0 Å². The Labute approximate surface area is 118 Å². The number of carbonyl (C=O) groups is 1. The van der Waals surface area contributed by atoms with Crippen LogP contribution in [0.1, 0.15) is 78.6 Å². The third-order valence-corrected chi connectivity index (χ3v) is 3.31. The van der Waals surface area contributed by atoms with Gasteiger partial charge in [0.25, 0.3) is 0 Å². The van der Waals surface area contributed by atoms with Crippen LogP contribution in [0.25, 0.3) is 0 Å². The summed E-state index contributed by atoms with van der Waals surface area (Å²) in [5.41, 5.74) is -0.316. The first-order valence-corrected chi connectivity index (χ1v) is 7.98. The smallest absolute Gasteiger partial charge is 0.307 e. The van der Waals surface area contributed by atoms with E-state index in [-0.39, 0.29) is 11.6 Å². The highest BCUT2D eigenvalue weighted by Gasteiger charge is 2.21. The van der Waals surface area contributed by atoms with Crippen LogP contribution in [-0.4, -0.2) is 17.3 Å². The van der Waals surface area contributed by atoms with E-state index < -0.39 is 0 Å². The van der Waals surface area contributed by atoms with Crippen LogP contribution in [0.4, 0.5) is 0 Å². The van der Waals surface area contributed by atoms with Crippen molar-refractivity contribution in [3.05, 3.63) is 0 Å². The molecule has 0 spiro atoms. The number of rotatable bonds is 11. The molecule has 18 heavy (non-hydrogen) atoms. The largest absolute Gasteiger partial charge is 0.460 e. The molecule has 0 fully saturated rings. The van der Waals surface area contributed by atoms with Gasteiger partial charge < -0.3 is 4.74 Å². The molecular weight excluding hydrogens is 244 g/mol. The third kappa shape index (κ3) is 10.9. The van der Waals surface area contributed by atoms with Crippen LogP contribution in [0, 0.1) is 0 Å². The number of carbonyl (C=O) groups excluding carboxylic acids is 1. The number of esters is 1. The lowest BCUT2D eigenvalue weighted by atomic mass is 9.99. The maximum atomic E-state index is 11.4. The minimum absolute atomic E-state index is 0.127. The number of hydrogen-bond acceptors (Lipinski definition) is 3. The van der Waals surface area contributed by atoms with Crippen LogP contribution in [0.15, 0.2) is 0 Å². The molecule has 0 N–H and O–H groups in total. The minimum atomic E-state index is -0.316. The van der Waals surface area contributed by atoms with Crippen LogP contribution in [0.3, 0.4) is 0 Å². The van der Waals surface area contributed by atoms with E-state index in [1.165, 1.54) is 38.5 Å². The van der Waals surface area contributed by atoms with E-state index in [1.807, 2.05) is 13.8 Å². The topological polar surface area (TPSA) is 26.3 Å². The van der Waals surface area contributed by atoms with E-state index in [1.54, 1.807) is 0 Å². The second-order valence-corrected chi connectivity index (χ2v) is 6.03. The molecule has 0 heterocycles. The summed E-state index contributed by atoms with van der Waals surface area (Å²) in [6.07, 6.45) is 10.4. The standard InChI is InChI=1S/C15H30O2S/c1-4-5-6-7-8-9-10-12-15(2,3)17-14(16)11-13-18/h18H,4-13H2,1-3H3. The summed E-state index contributed by atoms with van der Waals surface area (Å²) in [7, 11) is 0. The van der Waals surface area contributed by atoms with Crippen LogP contribution < -0.4 is 0 Å². The van der Waals surface area contributed by atoms with Gasteiger partial charge in [-0.3, -0.25) is 4.79 Å². The highest BCUT2D eigenvalue weighted by atomic mass is 32.1. The Hall–Kier alpha value is -0.180. The predicted octanol–water partition coefficient (Wildman–Crippen LogP) is 4.77. The number of unbranched alkanes of at least 4 members (excludes halogenated alkanes) is 6. The molecular formula is C15H30O2S. The Kier molecular flexibility index (Phi) is 10.6. The van der Waals surface area contributed by atoms with Crippen molar-refractivity contribution in [3.8, 4) is 0 Å². The monoisotopic (exact) mass is 274 g/mol. The molecule has 0 aromatic rings. The van der Waals surface area contributed by atoms with Gasteiger partial charge in [0.15, 0.2) is 0 Å². The molecule has 0 saturated heterocycles. The lowest BCUT2D eigenvalue weighted by Crippen LogP contribution is -2.28. The summed E-state index contributed by atoms with van der Waals surface area (Å²) in [6, 6.07) is 0. The molecule has 0 aliphatic heterocycles. The van der Waals surface area contributed by atoms with Gasteiger partial charge in [0.2, 0.25) is 0 Å². The van der Waals surface area contributed by atoms with Gasteiger partial charge in [-0.05, 0) is 26.7 Å². The summed E-state index contributed by atoms with van der Waals surface area (Å²) in [5, 5.41) is 0. The molecule has 2 nitrogen and oxygen atoms in total. The highest BCUT2D eigenvalue weighted by Crippen LogP contribution is 2.20. The molecule has 0 saturated carbocycles. The zero-order valence-corrected chi connectivity index (χ0v) is 13.2. The van der Waals surface area contributed by atoms with Crippen LogP contribution in [-0.2, 0) is 9.53 Å². The highest BCUT2D eigenvalue weighted by molar-refractivity contribution is 7.80. The first-order valence-electron chi connectivity index (χ1n) is 7.34. The van der Waals surface area contributed by atoms with Crippen molar-refractivity contribution < 1.29 is 9.53 Å². The molecule has 108 valence electrons. The fourth-order valence-electron chi connectivity index (χ4n) is 2.01. The molecule has 0 aromatic heterocycles. The second-order valence-electron chi connectivity index (χ2n) is 5.58. The van der Waals surface area contributed by atoms with Gasteiger partial charge in [-0.1, -0.05) is 45.4 Å². The fourth-order valence-corrected chi connectivity index (χ4v) is 2.19. The van der Waals surface area contributed by atoms with E-state index in [9.17, 15) is 4.79 Å². The second kappa shape index (κ2) is 10.7. The average Bonchev–Trinajstić information content (AvgIpc) is 2.27. The van der Waals surface area contributed by atoms with Crippen LogP contribution >= 0.6 is 12.6 Å². The molecule has 0 unspecified atom stereocenters.